The van der Waals surface area contributed by atoms with Crippen LogP contribution in [-0.4, -0.2) is 31.2 Å². The van der Waals surface area contributed by atoms with E-state index in [1.54, 1.807) is 17.2 Å². The molecule has 5 heteroatoms. The van der Waals surface area contributed by atoms with Gasteiger partial charge in [0.15, 0.2) is 10.8 Å². The Labute approximate surface area is 92.9 Å². The zero-order chi connectivity index (χ0) is 11.3. The lowest BCUT2D eigenvalue weighted by Crippen LogP contribution is -2.17. The largest absolute Gasteiger partial charge is 0.461 e. The predicted molar refractivity (Wildman–Crippen MR) is 60.2 cm³/mol. The maximum Gasteiger partial charge on any atom is 0.357 e. The SMILES string of the molecule is C#CCN(C)c1nc(C(=O)OCC)cs1. The summed E-state index contributed by atoms with van der Waals surface area (Å²) >= 11 is 1.37. The van der Waals surface area contributed by atoms with Gasteiger partial charge in [-0.1, -0.05) is 5.92 Å². The Morgan fingerprint density at radius 2 is 2.53 bits per heavy atom. The Morgan fingerprint density at radius 3 is 3.13 bits per heavy atom. The van der Waals surface area contributed by atoms with Crippen molar-refractivity contribution in [2.75, 3.05) is 25.1 Å². The lowest BCUT2D eigenvalue weighted by molar-refractivity contribution is 0.0520. The molecule has 0 fully saturated rings. The topological polar surface area (TPSA) is 42.4 Å². The molecule has 0 aromatic carbocycles. The number of hydrogen-bond acceptors (Lipinski definition) is 5. The second-order valence-electron chi connectivity index (χ2n) is 2.80. The first-order chi connectivity index (χ1) is 7.19. The number of thiazole rings is 1. The molecule has 1 rings (SSSR count). The molecule has 1 heterocycles. The molecule has 0 saturated heterocycles. The van der Waals surface area contributed by atoms with E-state index in [-0.39, 0.29) is 0 Å². The molecule has 0 spiro atoms. The number of rotatable bonds is 4. The Morgan fingerprint density at radius 1 is 1.80 bits per heavy atom. The summed E-state index contributed by atoms with van der Waals surface area (Å²) < 4.78 is 4.83. The van der Waals surface area contributed by atoms with Crippen molar-refractivity contribution in [2.45, 2.75) is 6.92 Å². The Kier molecular flexibility index (Phi) is 4.13. The molecule has 15 heavy (non-hydrogen) atoms. The van der Waals surface area contributed by atoms with Gasteiger partial charge in [-0.2, -0.15) is 0 Å². The van der Waals surface area contributed by atoms with Gasteiger partial charge in [0.1, 0.15) is 0 Å². The fourth-order valence-electron chi connectivity index (χ4n) is 0.943. The van der Waals surface area contributed by atoms with Gasteiger partial charge >= 0.3 is 5.97 Å². The van der Waals surface area contributed by atoms with E-state index in [0.717, 1.165) is 5.13 Å². The maximum absolute atomic E-state index is 11.3. The van der Waals surface area contributed by atoms with Gasteiger partial charge in [-0.3, -0.25) is 0 Å². The molecular weight excluding hydrogens is 212 g/mol. The molecule has 1 aromatic rings. The highest BCUT2D eigenvalue weighted by molar-refractivity contribution is 7.13. The van der Waals surface area contributed by atoms with Crippen LogP contribution in [0, 0.1) is 12.3 Å². The number of anilines is 1. The lowest BCUT2D eigenvalue weighted by Gasteiger charge is -2.10. The van der Waals surface area contributed by atoms with E-state index in [1.165, 1.54) is 11.3 Å². The van der Waals surface area contributed by atoms with Gasteiger partial charge in [0.05, 0.1) is 13.2 Å². The molecule has 0 atom stereocenters. The quantitative estimate of drug-likeness (QED) is 0.572. The zero-order valence-corrected chi connectivity index (χ0v) is 9.50. The highest BCUT2D eigenvalue weighted by Crippen LogP contribution is 2.19. The Balaban J connectivity index is 2.72. The molecule has 4 nitrogen and oxygen atoms in total. The van der Waals surface area contributed by atoms with Crippen LogP contribution in [-0.2, 0) is 4.74 Å². The van der Waals surface area contributed by atoms with Crippen LogP contribution >= 0.6 is 11.3 Å². The fourth-order valence-corrected chi connectivity index (χ4v) is 1.70. The first kappa shape index (κ1) is 11.5. The Hall–Kier alpha value is -1.54. The van der Waals surface area contributed by atoms with Gasteiger partial charge in [0, 0.05) is 12.4 Å². The number of esters is 1. The number of carbonyl (C=O) groups excluding carboxylic acids is 1. The third-order valence-electron chi connectivity index (χ3n) is 1.63. The smallest absolute Gasteiger partial charge is 0.357 e. The van der Waals surface area contributed by atoms with Crippen LogP contribution < -0.4 is 4.90 Å². The molecule has 0 unspecified atom stereocenters. The van der Waals surface area contributed by atoms with E-state index in [9.17, 15) is 4.79 Å². The summed E-state index contributed by atoms with van der Waals surface area (Å²) in [6.07, 6.45) is 5.17. The molecule has 0 aliphatic carbocycles. The number of nitrogens with zero attached hydrogens (tertiary/aromatic N) is 2. The summed E-state index contributed by atoms with van der Waals surface area (Å²) in [6.45, 7) is 2.58. The number of carbonyl (C=O) groups is 1. The molecular formula is C10H12N2O2S. The summed E-state index contributed by atoms with van der Waals surface area (Å²) in [4.78, 5) is 17.2. The van der Waals surface area contributed by atoms with Gasteiger partial charge in [-0.15, -0.1) is 17.8 Å². The van der Waals surface area contributed by atoms with E-state index >= 15 is 0 Å². The molecule has 0 saturated carbocycles. The van der Waals surface area contributed by atoms with Gasteiger partial charge in [-0.05, 0) is 6.92 Å². The summed E-state index contributed by atoms with van der Waals surface area (Å²) in [7, 11) is 1.83. The number of aromatic nitrogens is 1. The van der Waals surface area contributed by atoms with Crippen molar-refractivity contribution in [1.29, 1.82) is 0 Å². The lowest BCUT2D eigenvalue weighted by atomic mass is 10.5. The normalized spacial score (nSPS) is 9.40. The van der Waals surface area contributed by atoms with E-state index < -0.39 is 5.97 Å². The molecule has 0 N–H and O–H groups in total. The molecule has 0 amide bonds. The number of ether oxygens (including phenoxy) is 1. The monoisotopic (exact) mass is 224 g/mol. The maximum atomic E-state index is 11.3. The van der Waals surface area contributed by atoms with Gasteiger partial charge in [0.2, 0.25) is 0 Å². The predicted octanol–water partition coefficient (Wildman–Crippen LogP) is 1.39. The third kappa shape index (κ3) is 2.96. The zero-order valence-electron chi connectivity index (χ0n) is 8.69. The van der Waals surface area contributed by atoms with Crippen LogP contribution in [0.3, 0.4) is 0 Å². The van der Waals surface area contributed by atoms with Crippen molar-refractivity contribution in [3.63, 3.8) is 0 Å². The van der Waals surface area contributed by atoms with E-state index in [2.05, 4.69) is 10.9 Å². The van der Waals surface area contributed by atoms with Gasteiger partial charge in [-0.25, -0.2) is 9.78 Å². The number of terminal acetylenes is 1. The molecule has 0 aliphatic rings. The van der Waals surface area contributed by atoms with E-state index in [1.807, 2.05) is 7.05 Å². The third-order valence-corrected chi connectivity index (χ3v) is 2.59. The van der Waals surface area contributed by atoms with Gasteiger partial charge in [0.25, 0.3) is 0 Å². The summed E-state index contributed by atoms with van der Waals surface area (Å²) in [6, 6.07) is 0. The minimum Gasteiger partial charge on any atom is -0.461 e. The minimum atomic E-state index is -0.394. The second-order valence-corrected chi connectivity index (χ2v) is 3.63. The molecule has 0 radical (unpaired) electrons. The summed E-state index contributed by atoms with van der Waals surface area (Å²) in [5, 5.41) is 2.39. The van der Waals surface area contributed by atoms with Crippen LogP contribution in [0.15, 0.2) is 5.38 Å². The first-order valence-electron chi connectivity index (χ1n) is 4.46. The van der Waals surface area contributed by atoms with Crippen molar-refractivity contribution in [1.82, 2.24) is 4.98 Å². The molecule has 80 valence electrons. The van der Waals surface area contributed by atoms with E-state index in [0.29, 0.717) is 18.8 Å². The summed E-state index contributed by atoms with van der Waals surface area (Å²) in [5.41, 5.74) is 0.334. The minimum absolute atomic E-state index is 0.334. The van der Waals surface area contributed by atoms with Crippen molar-refractivity contribution in [3.8, 4) is 12.3 Å². The second kappa shape index (κ2) is 5.37. The van der Waals surface area contributed by atoms with Crippen LogP contribution in [0.1, 0.15) is 17.4 Å². The standard InChI is InChI=1S/C10H12N2O2S/c1-4-6-12(3)10-11-8(7-15-10)9(13)14-5-2/h1,7H,5-6H2,2-3H3. The highest BCUT2D eigenvalue weighted by Gasteiger charge is 2.12. The fraction of sp³-hybridized carbons (Fsp3) is 0.400. The molecule has 0 bridgehead atoms. The van der Waals surface area contributed by atoms with Crippen LogP contribution in [0.4, 0.5) is 5.13 Å². The molecule has 1 aromatic heterocycles. The van der Waals surface area contributed by atoms with Crippen molar-refractivity contribution >= 4 is 22.4 Å². The first-order valence-corrected chi connectivity index (χ1v) is 5.34. The Bertz CT molecular complexity index is 381. The average molecular weight is 224 g/mol. The van der Waals surface area contributed by atoms with Gasteiger partial charge < -0.3 is 9.64 Å². The van der Waals surface area contributed by atoms with E-state index in [4.69, 9.17) is 11.2 Å². The number of hydrogen-bond donors (Lipinski definition) is 0. The molecule has 0 aliphatic heterocycles. The summed E-state index contributed by atoms with van der Waals surface area (Å²) in [5.74, 6) is 2.11. The van der Waals surface area contributed by atoms with Crippen molar-refractivity contribution in [2.24, 2.45) is 0 Å². The highest BCUT2D eigenvalue weighted by atomic mass is 32.1. The van der Waals surface area contributed by atoms with Crippen molar-refractivity contribution in [3.05, 3.63) is 11.1 Å². The van der Waals surface area contributed by atoms with Crippen LogP contribution in [0.25, 0.3) is 0 Å². The van der Waals surface area contributed by atoms with Crippen molar-refractivity contribution < 1.29 is 9.53 Å². The average Bonchev–Trinajstić information content (AvgIpc) is 2.67. The van der Waals surface area contributed by atoms with Crippen LogP contribution in [0.2, 0.25) is 0 Å². The van der Waals surface area contributed by atoms with Crippen LogP contribution in [0.5, 0.6) is 0 Å².